The van der Waals surface area contributed by atoms with Crippen LogP contribution in [-0.2, 0) is 0 Å². The quantitative estimate of drug-likeness (QED) is 0.667. The fraction of sp³-hybridized carbons (Fsp3) is 0.556. The SMILES string of the molecule is Cc1nccc([C@H]2CCNC2)n1. The number of rotatable bonds is 1. The highest BCUT2D eigenvalue weighted by Gasteiger charge is 2.17. The number of aryl methyl sites for hydroxylation is 1. The summed E-state index contributed by atoms with van der Waals surface area (Å²) in [4.78, 5) is 8.48. The van der Waals surface area contributed by atoms with Crippen molar-refractivity contribution in [1.29, 1.82) is 0 Å². The van der Waals surface area contributed by atoms with Gasteiger partial charge in [0.25, 0.3) is 0 Å². The average Bonchev–Trinajstić information content (AvgIpc) is 2.56. The lowest BCUT2D eigenvalue weighted by atomic mass is 10.1. The van der Waals surface area contributed by atoms with E-state index in [0.717, 1.165) is 18.9 Å². The van der Waals surface area contributed by atoms with E-state index in [4.69, 9.17) is 0 Å². The molecule has 0 bridgehead atoms. The molecule has 3 heteroatoms. The molecule has 64 valence electrons. The predicted molar refractivity (Wildman–Crippen MR) is 47.0 cm³/mol. The van der Waals surface area contributed by atoms with Gasteiger partial charge in [0.05, 0.1) is 0 Å². The number of aromatic nitrogens is 2. The molecular formula is C9H13N3. The minimum Gasteiger partial charge on any atom is -0.316 e. The fourth-order valence-electron chi connectivity index (χ4n) is 1.61. The zero-order valence-corrected chi connectivity index (χ0v) is 7.25. The second-order valence-corrected chi connectivity index (χ2v) is 3.22. The molecule has 0 amide bonds. The van der Waals surface area contributed by atoms with E-state index in [2.05, 4.69) is 15.3 Å². The van der Waals surface area contributed by atoms with Gasteiger partial charge in [-0.05, 0) is 26.0 Å². The van der Waals surface area contributed by atoms with Crippen LogP contribution >= 0.6 is 0 Å². The number of nitrogens with one attached hydrogen (secondary N) is 1. The second kappa shape index (κ2) is 3.19. The Bertz CT molecular complexity index is 266. The van der Waals surface area contributed by atoms with Gasteiger partial charge in [0, 0.05) is 24.4 Å². The topological polar surface area (TPSA) is 37.8 Å². The van der Waals surface area contributed by atoms with Gasteiger partial charge in [-0.1, -0.05) is 0 Å². The molecule has 1 atom stereocenters. The molecule has 0 radical (unpaired) electrons. The Labute approximate surface area is 72.2 Å². The minimum atomic E-state index is 0.603. The first-order valence-corrected chi connectivity index (χ1v) is 4.36. The van der Waals surface area contributed by atoms with Gasteiger partial charge >= 0.3 is 0 Å². The maximum absolute atomic E-state index is 4.40. The molecule has 1 aliphatic rings. The molecule has 12 heavy (non-hydrogen) atoms. The molecule has 0 aromatic carbocycles. The monoisotopic (exact) mass is 163 g/mol. The maximum Gasteiger partial charge on any atom is 0.125 e. The predicted octanol–water partition coefficient (Wildman–Crippen LogP) is 0.862. The first-order chi connectivity index (χ1) is 5.86. The van der Waals surface area contributed by atoms with Gasteiger partial charge in [-0.25, -0.2) is 9.97 Å². The number of nitrogens with zero attached hydrogens (tertiary/aromatic N) is 2. The minimum absolute atomic E-state index is 0.603. The fourth-order valence-corrected chi connectivity index (χ4v) is 1.61. The van der Waals surface area contributed by atoms with Crippen LogP contribution in [0.4, 0.5) is 0 Å². The lowest BCUT2D eigenvalue weighted by molar-refractivity contribution is 0.724. The van der Waals surface area contributed by atoms with E-state index in [1.54, 1.807) is 0 Å². The summed E-state index contributed by atoms with van der Waals surface area (Å²) in [6.45, 7) is 4.12. The summed E-state index contributed by atoms with van der Waals surface area (Å²) in [5.74, 6) is 1.48. The molecule has 1 aromatic heterocycles. The summed E-state index contributed by atoms with van der Waals surface area (Å²) < 4.78 is 0. The van der Waals surface area contributed by atoms with Crippen molar-refractivity contribution >= 4 is 0 Å². The Morgan fingerprint density at radius 1 is 1.58 bits per heavy atom. The van der Waals surface area contributed by atoms with Gasteiger partial charge in [-0.3, -0.25) is 0 Å². The summed E-state index contributed by atoms with van der Waals surface area (Å²) in [5, 5.41) is 3.33. The van der Waals surface area contributed by atoms with Crippen LogP contribution in [0.3, 0.4) is 0 Å². The van der Waals surface area contributed by atoms with Crippen LogP contribution < -0.4 is 5.32 Å². The molecule has 3 nitrogen and oxygen atoms in total. The van der Waals surface area contributed by atoms with Gasteiger partial charge < -0.3 is 5.32 Å². The third kappa shape index (κ3) is 1.46. The van der Waals surface area contributed by atoms with Crippen molar-refractivity contribution in [3.8, 4) is 0 Å². The van der Waals surface area contributed by atoms with Crippen LogP contribution in [0, 0.1) is 6.92 Å². The van der Waals surface area contributed by atoms with Crippen LogP contribution in [0.15, 0.2) is 12.3 Å². The molecule has 1 aliphatic heterocycles. The van der Waals surface area contributed by atoms with Crippen molar-refractivity contribution in [3.63, 3.8) is 0 Å². The molecule has 2 heterocycles. The lowest BCUT2D eigenvalue weighted by Gasteiger charge is -2.06. The highest BCUT2D eigenvalue weighted by atomic mass is 14.9. The average molecular weight is 163 g/mol. The number of hydrogen-bond donors (Lipinski definition) is 1. The first-order valence-electron chi connectivity index (χ1n) is 4.36. The molecule has 1 saturated heterocycles. The van der Waals surface area contributed by atoms with Gasteiger partial charge in [0.1, 0.15) is 5.82 Å². The largest absolute Gasteiger partial charge is 0.316 e. The third-order valence-corrected chi connectivity index (χ3v) is 2.28. The Morgan fingerprint density at radius 2 is 2.50 bits per heavy atom. The number of hydrogen-bond acceptors (Lipinski definition) is 3. The zero-order chi connectivity index (χ0) is 8.39. The summed E-state index contributed by atoms with van der Waals surface area (Å²) in [6, 6.07) is 2.02. The van der Waals surface area contributed by atoms with Crippen LogP contribution in [0.2, 0.25) is 0 Å². The van der Waals surface area contributed by atoms with E-state index in [9.17, 15) is 0 Å². The standard InChI is InChI=1S/C9H13N3/c1-7-11-5-3-9(12-7)8-2-4-10-6-8/h3,5,8,10H,2,4,6H2,1H3/t8-/m0/s1. The summed E-state index contributed by atoms with van der Waals surface area (Å²) in [5.41, 5.74) is 1.19. The Morgan fingerprint density at radius 3 is 3.17 bits per heavy atom. The molecule has 2 rings (SSSR count). The van der Waals surface area contributed by atoms with E-state index < -0.39 is 0 Å². The highest BCUT2D eigenvalue weighted by molar-refractivity contribution is 5.10. The Kier molecular flexibility index (Phi) is 2.04. The molecule has 1 N–H and O–H groups in total. The summed E-state index contributed by atoms with van der Waals surface area (Å²) in [7, 11) is 0. The molecule has 1 aromatic rings. The van der Waals surface area contributed by atoms with Crippen LogP contribution in [0.25, 0.3) is 0 Å². The molecule has 0 saturated carbocycles. The maximum atomic E-state index is 4.40. The Hall–Kier alpha value is -0.960. The van der Waals surface area contributed by atoms with E-state index >= 15 is 0 Å². The van der Waals surface area contributed by atoms with Gasteiger partial charge in [-0.15, -0.1) is 0 Å². The summed E-state index contributed by atoms with van der Waals surface area (Å²) >= 11 is 0. The molecule has 0 spiro atoms. The molecule has 1 fully saturated rings. The van der Waals surface area contributed by atoms with Crippen LogP contribution in [0.5, 0.6) is 0 Å². The van der Waals surface area contributed by atoms with E-state index in [1.807, 2.05) is 19.2 Å². The van der Waals surface area contributed by atoms with E-state index in [0.29, 0.717) is 5.92 Å². The smallest absolute Gasteiger partial charge is 0.125 e. The van der Waals surface area contributed by atoms with E-state index in [1.165, 1.54) is 12.1 Å². The first kappa shape index (κ1) is 7.68. The van der Waals surface area contributed by atoms with Crippen molar-refractivity contribution in [3.05, 3.63) is 23.8 Å². The van der Waals surface area contributed by atoms with Gasteiger partial charge in [-0.2, -0.15) is 0 Å². The molecular weight excluding hydrogens is 150 g/mol. The van der Waals surface area contributed by atoms with Crippen molar-refractivity contribution < 1.29 is 0 Å². The Balaban J connectivity index is 2.21. The van der Waals surface area contributed by atoms with Crippen LogP contribution in [-0.4, -0.2) is 23.1 Å². The molecule has 0 unspecified atom stereocenters. The summed E-state index contributed by atoms with van der Waals surface area (Å²) in [6.07, 6.45) is 3.05. The van der Waals surface area contributed by atoms with Crippen molar-refractivity contribution in [1.82, 2.24) is 15.3 Å². The van der Waals surface area contributed by atoms with Gasteiger partial charge in [0.15, 0.2) is 0 Å². The third-order valence-electron chi connectivity index (χ3n) is 2.28. The molecule has 0 aliphatic carbocycles. The lowest BCUT2D eigenvalue weighted by Crippen LogP contribution is -2.09. The highest BCUT2D eigenvalue weighted by Crippen LogP contribution is 2.19. The zero-order valence-electron chi connectivity index (χ0n) is 7.25. The van der Waals surface area contributed by atoms with Crippen molar-refractivity contribution in [2.45, 2.75) is 19.3 Å². The van der Waals surface area contributed by atoms with Crippen molar-refractivity contribution in [2.24, 2.45) is 0 Å². The van der Waals surface area contributed by atoms with E-state index in [-0.39, 0.29) is 0 Å². The normalized spacial score (nSPS) is 22.9. The second-order valence-electron chi connectivity index (χ2n) is 3.22. The van der Waals surface area contributed by atoms with Crippen molar-refractivity contribution in [2.75, 3.05) is 13.1 Å². The van der Waals surface area contributed by atoms with Gasteiger partial charge in [0.2, 0.25) is 0 Å². The van der Waals surface area contributed by atoms with Crippen LogP contribution in [0.1, 0.15) is 23.9 Å².